The largest absolute Gasteiger partial charge is 0.357 e. The van der Waals surface area contributed by atoms with Crippen molar-refractivity contribution >= 4 is 46.9 Å². The second-order valence-corrected chi connectivity index (χ2v) is 6.70. The Morgan fingerprint density at radius 1 is 1.24 bits per heavy atom. The molecule has 3 aromatic heterocycles. The second-order valence-electron chi connectivity index (χ2n) is 5.70. The maximum absolute atomic E-state index is 4.66. The van der Waals surface area contributed by atoms with Gasteiger partial charge in [-0.1, -0.05) is 6.07 Å². The lowest BCUT2D eigenvalue weighted by molar-refractivity contribution is 0.818. The predicted molar refractivity (Wildman–Crippen MR) is 116 cm³/mol. The van der Waals surface area contributed by atoms with E-state index in [1.807, 2.05) is 12.1 Å². The number of halogens is 1. The van der Waals surface area contributed by atoms with Gasteiger partial charge in [0.25, 0.3) is 0 Å². The van der Waals surface area contributed by atoms with Crippen molar-refractivity contribution in [3.63, 3.8) is 0 Å². The van der Waals surface area contributed by atoms with Gasteiger partial charge in [0.15, 0.2) is 5.96 Å². The number of guanidine groups is 1. The fourth-order valence-electron chi connectivity index (χ4n) is 2.53. The molecule has 0 radical (unpaired) electrons. The van der Waals surface area contributed by atoms with Crippen molar-refractivity contribution in [3.05, 3.63) is 57.7 Å². The van der Waals surface area contributed by atoms with Gasteiger partial charge in [-0.05, 0) is 49.9 Å². The molecule has 3 heterocycles. The van der Waals surface area contributed by atoms with Crippen LogP contribution in [-0.4, -0.2) is 21.9 Å². The monoisotopic (exact) mass is 469 g/mol. The number of nitrogens with one attached hydrogen (secondary N) is 2. The molecular weight excluding hydrogens is 445 g/mol. The molecule has 0 aliphatic rings. The summed E-state index contributed by atoms with van der Waals surface area (Å²) < 4.78 is 2.10. The van der Waals surface area contributed by atoms with Crippen molar-refractivity contribution < 1.29 is 0 Å². The van der Waals surface area contributed by atoms with E-state index in [4.69, 9.17) is 0 Å². The zero-order valence-corrected chi connectivity index (χ0v) is 17.9. The SMILES string of the molecule is CCNC(=NCc1cn2c(C)cccc2n1)NCc1sccc1C.I. The molecular formula is C18H24IN5S. The third-order valence-electron chi connectivity index (χ3n) is 3.87. The second kappa shape index (κ2) is 9.19. The molecule has 0 aliphatic carbocycles. The minimum atomic E-state index is 0. The van der Waals surface area contributed by atoms with Gasteiger partial charge >= 0.3 is 0 Å². The van der Waals surface area contributed by atoms with Crippen LogP contribution in [0.5, 0.6) is 0 Å². The summed E-state index contributed by atoms with van der Waals surface area (Å²) in [6.07, 6.45) is 2.06. The minimum absolute atomic E-state index is 0. The van der Waals surface area contributed by atoms with Crippen LogP contribution in [0, 0.1) is 13.8 Å². The summed E-state index contributed by atoms with van der Waals surface area (Å²) in [6.45, 7) is 8.47. The number of hydrogen-bond donors (Lipinski definition) is 2. The van der Waals surface area contributed by atoms with Crippen molar-refractivity contribution in [1.82, 2.24) is 20.0 Å². The average molecular weight is 469 g/mol. The first kappa shape index (κ1) is 19.7. The Morgan fingerprint density at radius 2 is 2.08 bits per heavy atom. The van der Waals surface area contributed by atoms with E-state index in [2.05, 4.69) is 69.5 Å². The number of fused-ring (bicyclic) bond motifs is 1. The molecule has 3 aromatic rings. The van der Waals surface area contributed by atoms with Gasteiger partial charge in [0.05, 0.1) is 18.8 Å². The van der Waals surface area contributed by atoms with E-state index in [1.54, 1.807) is 11.3 Å². The van der Waals surface area contributed by atoms with Gasteiger partial charge in [-0.25, -0.2) is 9.98 Å². The van der Waals surface area contributed by atoms with Crippen molar-refractivity contribution in [2.24, 2.45) is 4.99 Å². The summed E-state index contributed by atoms with van der Waals surface area (Å²) in [6, 6.07) is 8.27. The van der Waals surface area contributed by atoms with Crippen LogP contribution < -0.4 is 10.6 Å². The molecule has 0 atom stereocenters. The molecule has 3 rings (SSSR count). The molecule has 0 fully saturated rings. The quantitative estimate of drug-likeness (QED) is 0.339. The first-order valence-corrected chi connectivity index (χ1v) is 9.04. The van der Waals surface area contributed by atoms with Crippen LogP contribution in [-0.2, 0) is 13.1 Å². The summed E-state index contributed by atoms with van der Waals surface area (Å²) in [5, 5.41) is 8.80. The molecule has 0 amide bonds. The van der Waals surface area contributed by atoms with E-state index in [1.165, 1.54) is 16.1 Å². The van der Waals surface area contributed by atoms with Gasteiger partial charge in [-0.3, -0.25) is 0 Å². The summed E-state index contributed by atoms with van der Waals surface area (Å²) in [7, 11) is 0. The van der Waals surface area contributed by atoms with Crippen LogP contribution >= 0.6 is 35.3 Å². The molecule has 134 valence electrons. The van der Waals surface area contributed by atoms with Crippen LogP contribution in [0.15, 0.2) is 40.8 Å². The lowest BCUT2D eigenvalue weighted by Gasteiger charge is -2.10. The van der Waals surface area contributed by atoms with Gasteiger partial charge in [0, 0.05) is 23.3 Å². The highest BCUT2D eigenvalue weighted by Gasteiger charge is 2.05. The standard InChI is InChI=1S/C18H23N5S.HI/c1-4-19-18(21-11-16-13(2)8-9-24-16)20-10-15-12-23-14(3)6-5-7-17(23)22-15;/h5-9,12H,4,10-11H2,1-3H3,(H2,19,20,21);1H. The summed E-state index contributed by atoms with van der Waals surface area (Å²) >= 11 is 1.77. The number of hydrogen-bond acceptors (Lipinski definition) is 3. The maximum atomic E-state index is 4.66. The van der Waals surface area contributed by atoms with Crippen molar-refractivity contribution in [1.29, 1.82) is 0 Å². The van der Waals surface area contributed by atoms with Gasteiger partial charge in [0.2, 0.25) is 0 Å². The van der Waals surface area contributed by atoms with Gasteiger partial charge in [-0.15, -0.1) is 35.3 Å². The van der Waals surface area contributed by atoms with Crippen LogP contribution in [0.25, 0.3) is 5.65 Å². The van der Waals surface area contributed by atoms with Gasteiger partial charge < -0.3 is 15.0 Å². The Balaban J connectivity index is 0.00000225. The predicted octanol–water partition coefficient (Wildman–Crippen LogP) is 3.89. The molecule has 0 saturated heterocycles. The molecule has 7 heteroatoms. The van der Waals surface area contributed by atoms with Crippen molar-refractivity contribution in [2.45, 2.75) is 33.9 Å². The van der Waals surface area contributed by atoms with Crippen LogP contribution in [0.4, 0.5) is 0 Å². The van der Waals surface area contributed by atoms with Crippen LogP contribution in [0.2, 0.25) is 0 Å². The van der Waals surface area contributed by atoms with E-state index in [0.29, 0.717) is 6.54 Å². The molecule has 0 aliphatic heterocycles. The number of aliphatic imine (C=N–C) groups is 1. The third-order valence-corrected chi connectivity index (χ3v) is 4.90. The van der Waals surface area contributed by atoms with Crippen molar-refractivity contribution in [2.75, 3.05) is 6.54 Å². The third kappa shape index (κ3) is 4.94. The Kier molecular flexibility index (Phi) is 7.24. The minimum Gasteiger partial charge on any atom is -0.357 e. The summed E-state index contributed by atoms with van der Waals surface area (Å²) in [4.78, 5) is 10.6. The smallest absolute Gasteiger partial charge is 0.191 e. The van der Waals surface area contributed by atoms with Crippen LogP contribution in [0.1, 0.15) is 28.8 Å². The molecule has 0 unspecified atom stereocenters. The number of pyridine rings is 1. The lowest BCUT2D eigenvalue weighted by atomic mass is 10.3. The highest BCUT2D eigenvalue weighted by Crippen LogP contribution is 2.14. The normalized spacial score (nSPS) is 11.4. The maximum Gasteiger partial charge on any atom is 0.191 e. The molecule has 0 spiro atoms. The Hall–Kier alpha value is -1.61. The zero-order valence-electron chi connectivity index (χ0n) is 14.7. The molecule has 0 aromatic carbocycles. The topological polar surface area (TPSA) is 53.7 Å². The number of aryl methyl sites for hydroxylation is 2. The summed E-state index contributed by atoms with van der Waals surface area (Å²) in [5.74, 6) is 0.819. The van der Waals surface area contributed by atoms with Gasteiger partial charge in [-0.2, -0.15) is 0 Å². The highest BCUT2D eigenvalue weighted by molar-refractivity contribution is 14.0. The number of imidazole rings is 1. The number of thiophene rings is 1. The number of rotatable bonds is 5. The lowest BCUT2D eigenvalue weighted by Crippen LogP contribution is -2.36. The highest BCUT2D eigenvalue weighted by atomic mass is 127. The Morgan fingerprint density at radius 3 is 2.76 bits per heavy atom. The van der Waals surface area contributed by atoms with E-state index in [9.17, 15) is 0 Å². The Bertz CT molecular complexity index is 852. The fraction of sp³-hybridized carbons (Fsp3) is 0.333. The van der Waals surface area contributed by atoms with E-state index in [0.717, 1.165) is 30.4 Å². The molecule has 0 bridgehead atoms. The number of nitrogens with zero attached hydrogens (tertiary/aromatic N) is 3. The average Bonchev–Trinajstić information content (AvgIpc) is 3.17. The Labute approximate surface area is 169 Å². The van der Waals surface area contributed by atoms with Crippen LogP contribution in [0.3, 0.4) is 0 Å². The van der Waals surface area contributed by atoms with E-state index < -0.39 is 0 Å². The molecule has 2 N–H and O–H groups in total. The molecule has 25 heavy (non-hydrogen) atoms. The van der Waals surface area contributed by atoms with Gasteiger partial charge in [0.1, 0.15) is 5.65 Å². The van der Waals surface area contributed by atoms with E-state index >= 15 is 0 Å². The van der Waals surface area contributed by atoms with E-state index in [-0.39, 0.29) is 24.0 Å². The first-order chi connectivity index (χ1) is 11.7. The number of aromatic nitrogens is 2. The first-order valence-electron chi connectivity index (χ1n) is 8.16. The van der Waals surface area contributed by atoms with Crippen molar-refractivity contribution in [3.8, 4) is 0 Å². The fourth-order valence-corrected chi connectivity index (χ4v) is 3.37. The molecule has 0 saturated carbocycles. The zero-order chi connectivity index (χ0) is 16.9. The summed E-state index contributed by atoms with van der Waals surface area (Å²) in [5.41, 5.74) is 4.42. The molecule has 5 nitrogen and oxygen atoms in total.